The number of anilines is 1. The van der Waals surface area contributed by atoms with Crippen LogP contribution in [0, 0.1) is 5.41 Å². The van der Waals surface area contributed by atoms with E-state index in [0.717, 1.165) is 0 Å². The van der Waals surface area contributed by atoms with Gasteiger partial charge in [0.2, 0.25) is 5.78 Å². The number of Topliss-reactive ketones (excluding diaryl/α,β-unsaturated/α-hetero) is 1. The summed E-state index contributed by atoms with van der Waals surface area (Å²) >= 11 is 0. The van der Waals surface area contributed by atoms with Crippen molar-refractivity contribution >= 4 is 22.9 Å². The molecule has 0 saturated carbocycles. The van der Waals surface area contributed by atoms with Gasteiger partial charge in [0.1, 0.15) is 29.0 Å². The van der Waals surface area contributed by atoms with Crippen LogP contribution in [0.4, 0.5) is 5.69 Å². The Morgan fingerprint density at radius 1 is 1.16 bits per heavy atom. The van der Waals surface area contributed by atoms with Crippen molar-refractivity contribution in [3.63, 3.8) is 0 Å². The van der Waals surface area contributed by atoms with Crippen LogP contribution in [-0.4, -0.2) is 46.4 Å². The third-order valence-corrected chi connectivity index (χ3v) is 4.62. The predicted molar refractivity (Wildman–Crippen MR) is 117 cm³/mol. The number of nitrogens with one attached hydrogen (secondary N) is 2. The van der Waals surface area contributed by atoms with Gasteiger partial charge in [-0.1, -0.05) is 35.5 Å². The SMILES string of the molecule is COc1cc(NC(C(=O)C(=N)/C(=N\O)c2cnn(C)c2)c2ccccc2)cc(OC)c1. The lowest BCUT2D eigenvalue weighted by molar-refractivity contribution is -0.113. The molecular weight excluding hydrogens is 398 g/mol. The Kier molecular flexibility index (Phi) is 6.66. The van der Waals surface area contributed by atoms with Gasteiger partial charge in [0.25, 0.3) is 0 Å². The quantitative estimate of drug-likeness (QED) is 0.277. The minimum absolute atomic E-state index is 0.163. The Labute approximate surface area is 179 Å². The number of ketones is 1. The number of hydrogen-bond acceptors (Lipinski definition) is 8. The van der Waals surface area contributed by atoms with E-state index >= 15 is 0 Å². The average Bonchev–Trinajstić information content (AvgIpc) is 3.23. The predicted octanol–water partition coefficient (Wildman–Crippen LogP) is 3.06. The van der Waals surface area contributed by atoms with Crippen molar-refractivity contribution in [2.45, 2.75) is 6.04 Å². The van der Waals surface area contributed by atoms with Crippen LogP contribution in [0.15, 0.2) is 66.1 Å². The zero-order valence-electron chi connectivity index (χ0n) is 17.4. The summed E-state index contributed by atoms with van der Waals surface area (Å²) in [6.45, 7) is 0. The molecule has 3 aromatic rings. The van der Waals surface area contributed by atoms with Crippen LogP contribution in [0.5, 0.6) is 11.5 Å². The molecule has 0 bridgehead atoms. The summed E-state index contributed by atoms with van der Waals surface area (Å²) in [6, 6.07) is 13.2. The second-order valence-electron chi connectivity index (χ2n) is 6.68. The third kappa shape index (κ3) is 4.89. The lowest BCUT2D eigenvalue weighted by Gasteiger charge is -2.20. The number of carbonyl (C=O) groups is 1. The smallest absolute Gasteiger partial charge is 0.209 e. The number of carbonyl (C=O) groups excluding carboxylic acids is 1. The van der Waals surface area contributed by atoms with Crippen molar-refractivity contribution in [1.82, 2.24) is 9.78 Å². The van der Waals surface area contributed by atoms with Crippen molar-refractivity contribution in [3.8, 4) is 11.5 Å². The van der Waals surface area contributed by atoms with E-state index in [4.69, 9.17) is 14.9 Å². The maximum atomic E-state index is 13.4. The number of ether oxygens (including phenoxy) is 2. The topological polar surface area (TPSA) is 122 Å². The molecular formula is C22H23N5O4. The van der Waals surface area contributed by atoms with Crippen LogP contribution in [0.3, 0.4) is 0 Å². The summed E-state index contributed by atoms with van der Waals surface area (Å²) in [4.78, 5) is 13.4. The van der Waals surface area contributed by atoms with E-state index in [1.165, 1.54) is 25.1 Å². The van der Waals surface area contributed by atoms with Crippen molar-refractivity contribution in [2.24, 2.45) is 12.2 Å². The zero-order valence-corrected chi connectivity index (χ0v) is 17.4. The van der Waals surface area contributed by atoms with Gasteiger partial charge in [0.15, 0.2) is 0 Å². The highest BCUT2D eigenvalue weighted by atomic mass is 16.5. The van der Waals surface area contributed by atoms with E-state index in [9.17, 15) is 10.0 Å². The molecule has 31 heavy (non-hydrogen) atoms. The molecule has 3 rings (SSSR count). The zero-order chi connectivity index (χ0) is 22.4. The first-order valence-electron chi connectivity index (χ1n) is 9.35. The lowest BCUT2D eigenvalue weighted by atomic mass is 9.95. The number of hydrogen-bond donors (Lipinski definition) is 3. The highest BCUT2D eigenvalue weighted by Crippen LogP contribution is 2.29. The first-order chi connectivity index (χ1) is 15.0. The molecule has 1 heterocycles. The molecule has 1 aromatic heterocycles. The van der Waals surface area contributed by atoms with Gasteiger partial charge in [-0.05, 0) is 5.56 Å². The standard InChI is InChI=1S/C22H23N5O4/c1-27-13-15(12-24-27)20(26-29)19(23)22(28)21(14-7-5-4-6-8-14)25-16-9-17(30-2)11-18(10-16)31-3/h4-13,21,23,25,29H,1-3H3/b23-19?,26-20-. The first kappa shape index (κ1) is 21.6. The molecule has 1 atom stereocenters. The highest BCUT2D eigenvalue weighted by molar-refractivity contribution is 6.70. The Bertz CT molecular complexity index is 1090. The molecule has 0 saturated heterocycles. The van der Waals surface area contributed by atoms with Gasteiger partial charge < -0.3 is 20.0 Å². The highest BCUT2D eigenvalue weighted by Gasteiger charge is 2.29. The largest absolute Gasteiger partial charge is 0.497 e. The average molecular weight is 421 g/mol. The summed E-state index contributed by atoms with van der Waals surface area (Å²) in [6.07, 6.45) is 2.99. The number of oxime groups is 1. The molecule has 0 radical (unpaired) electrons. The number of benzene rings is 2. The number of aromatic nitrogens is 2. The van der Waals surface area contributed by atoms with Crippen LogP contribution in [0.2, 0.25) is 0 Å². The number of rotatable bonds is 9. The van der Waals surface area contributed by atoms with Crippen molar-refractivity contribution < 1.29 is 19.5 Å². The lowest BCUT2D eigenvalue weighted by Crippen LogP contribution is -2.32. The summed E-state index contributed by atoms with van der Waals surface area (Å²) < 4.78 is 12.1. The Hall–Kier alpha value is -4.14. The van der Waals surface area contributed by atoms with E-state index in [0.29, 0.717) is 28.3 Å². The Morgan fingerprint density at radius 2 is 1.81 bits per heavy atom. The fourth-order valence-corrected chi connectivity index (χ4v) is 3.06. The summed E-state index contributed by atoms with van der Waals surface area (Å²) in [5, 5.41) is 28.3. The van der Waals surface area contributed by atoms with Gasteiger partial charge in [-0.2, -0.15) is 5.10 Å². The van der Waals surface area contributed by atoms with Gasteiger partial charge >= 0.3 is 0 Å². The Morgan fingerprint density at radius 3 is 2.32 bits per heavy atom. The third-order valence-electron chi connectivity index (χ3n) is 4.62. The minimum Gasteiger partial charge on any atom is -0.497 e. The van der Waals surface area contributed by atoms with E-state index in [2.05, 4.69) is 15.6 Å². The molecule has 0 aliphatic carbocycles. The van der Waals surface area contributed by atoms with Crippen molar-refractivity contribution in [3.05, 3.63) is 72.1 Å². The summed E-state index contributed by atoms with van der Waals surface area (Å²) in [5.41, 5.74) is 0.951. The van der Waals surface area contributed by atoms with Gasteiger partial charge in [0, 0.05) is 42.7 Å². The number of nitrogens with zero attached hydrogens (tertiary/aromatic N) is 3. The van der Waals surface area contributed by atoms with E-state index in [1.54, 1.807) is 55.7 Å². The molecule has 0 spiro atoms. The summed E-state index contributed by atoms with van der Waals surface area (Å²) in [7, 11) is 4.76. The minimum atomic E-state index is -0.918. The molecule has 0 amide bonds. The van der Waals surface area contributed by atoms with Crippen LogP contribution in [0.25, 0.3) is 0 Å². The summed E-state index contributed by atoms with van der Waals surface area (Å²) in [5.74, 6) is 0.512. The van der Waals surface area contributed by atoms with Gasteiger partial charge in [-0.15, -0.1) is 0 Å². The molecule has 9 nitrogen and oxygen atoms in total. The molecule has 1 unspecified atom stereocenters. The molecule has 3 N–H and O–H groups in total. The fraction of sp³-hybridized carbons (Fsp3) is 0.182. The fourth-order valence-electron chi connectivity index (χ4n) is 3.06. The molecule has 0 fully saturated rings. The molecule has 0 aliphatic heterocycles. The Balaban J connectivity index is 1.98. The molecule has 160 valence electrons. The normalized spacial score (nSPS) is 12.2. The molecule has 2 aromatic carbocycles. The maximum Gasteiger partial charge on any atom is 0.209 e. The van der Waals surface area contributed by atoms with Crippen molar-refractivity contribution in [1.29, 1.82) is 5.41 Å². The van der Waals surface area contributed by atoms with E-state index < -0.39 is 17.5 Å². The van der Waals surface area contributed by atoms with Crippen LogP contribution >= 0.6 is 0 Å². The van der Waals surface area contributed by atoms with Gasteiger partial charge in [-0.3, -0.25) is 14.9 Å². The second kappa shape index (κ2) is 9.57. The molecule has 9 heteroatoms. The monoisotopic (exact) mass is 421 g/mol. The first-order valence-corrected chi connectivity index (χ1v) is 9.35. The van der Waals surface area contributed by atoms with Crippen LogP contribution in [0.1, 0.15) is 17.2 Å². The number of methoxy groups -OCH3 is 2. The number of aryl methyl sites for hydroxylation is 1. The maximum absolute atomic E-state index is 13.4. The molecule has 0 aliphatic rings. The van der Waals surface area contributed by atoms with Crippen LogP contribution < -0.4 is 14.8 Å². The van der Waals surface area contributed by atoms with Gasteiger partial charge in [-0.25, -0.2) is 0 Å². The van der Waals surface area contributed by atoms with Crippen molar-refractivity contribution in [2.75, 3.05) is 19.5 Å². The van der Waals surface area contributed by atoms with Crippen LogP contribution in [-0.2, 0) is 11.8 Å². The van der Waals surface area contributed by atoms with Gasteiger partial charge in [0.05, 0.1) is 20.4 Å². The second-order valence-corrected chi connectivity index (χ2v) is 6.68. The van der Waals surface area contributed by atoms with E-state index in [-0.39, 0.29) is 5.71 Å². The van der Waals surface area contributed by atoms with E-state index in [1.807, 2.05) is 6.07 Å².